The minimum Gasteiger partial charge on any atom is -0.508 e. The largest absolute Gasteiger partial charge is 0.508 e. The van der Waals surface area contributed by atoms with Gasteiger partial charge in [-0.2, -0.15) is 0 Å². The predicted octanol–water partition coefficient (Wildman–Crippen LogP) is 3.00. The van der Waals surface area contributed by atoms with Gasteiger partial charge in [0.25, 0.3) is 5.56 Å². The summed E-state index contributed by atoms with van der Waals surface area (Å²) in [6.07, 6.45) is 0.958. The van der Waals surface area contributed by atoms with E-state index in [4.69, 9.17) is 11.5 Å². The van der Waals surface area contributed by atoms with Gasteiger partial charge in [-0.05, 0) is 127 Å². The predicted molar refractivity (Wildman–Crippen MR) is 241 cm³/mol. The molecule has 0 radical (unpaired) electrons. The first-order valence-corrected chi connectivity index (χ1v) is 21.5. The van der Waals surface area contributed by atoms with Crippen molar-refractivity contribution in [2.75, 3.05) is 0 Å². The van der Waals surface area contributed by atoms with Crippen molar-refractivity contribution in [3.05, 3.63) is 156 Å². The monoisotopic (exact) mass is 868 g/mol. The van der Waals surface area contributed by atoms with E-state index in [9.17, 15) is 34.2 Å². The molecule has 15 nitrogen and oxygen atoms in total. The average Bonchev–Trinajstić information content (AvgIpc) is 3.26. The molecule has 64 heavy (non-hydrogen) atoms. The van der Waals surface area contributed by atoms with Gasteiger partial charge < -0.3 is 47.1 Å². The van der Waals surface area contributed by atoms with Gasteiger partial charge in [-0.3, -0.25) is 24.0 Å². The average molecular weight is 869 g/mol. The summed E-state index contributed by atoms with van der Waals surface area (Å²) in [7, 11) is 0. The summed E-state index contributed by atoms with van der Waals surface area (Å²) in [4.78, 5) is 79.7. The van der Waals surface area contributed by atoms with Crippen molar-refractivity contribution < 1.29 is 29.4 Å². The standard InChI is InChI=1S/C49H56N8O7/c1-26-14-35(58)15-27(2)37(26)20-39(50)48(63)56-24-33-12-8-6-10-31(33)18-43(56)46(61)52-22-41-30(5)54-42(45(60)55-41)23-53-47(62)44-19-32-11-7-9-13-34(32)25-57(44)49(64)40(51)21-38-28(3)16-36(59)17-29(38)4/h6-17,39-40,43-44,58-59H,18-25,50-51H2,1-5H3,(H,52,61)(H,53,62)(H,55,60). The highest BCUT2D eigenvalue weighted by Gasteiger charge is 2.38. The molecule has 0 aliphatic carbocycles. The molecule has 4 atom stereocenters. The number of nitrogens with two attached hydrogens (primary N) is 2. The number of hydrogen-bond donors (Lipinski definition) is 7. The van der Waals surface area contributed by atoms with E-state index < -0.39 is 47.4 Å². The van der Waals surface area contributed by atoms with E-state index in [0.717, 1.165) is 55.6 Å². The second-order valence-corrected chi connectivity index (χ2v) is 17.2. The number of phenols is 2. The zero-order chi connectivity index (χ0) is 46.0. The Bertz CT molecular complexity index is 2650. The van der Waals surface area contributed by atoms with E-state index in [-0.39, 0.29) is 75.0 Å². The zero-order valence-corrected chi connectivity index (χ0v) is 36.8. The number of benzene rings is 4. The Morgan fingerprint density at radius 3 is 1.48 bits per heavy atom. The van der Waals surface area contributed by atoms with E-state index in [1.807, 2.05) is 76.2 Å². The minimum atomic E-state index is -0.956. The van der Waals surface area contributed by atoms with E-state index >= 15 is 0 Å². The fraction of sp³-hybridized carbons (Fsp3) is 0.347. The maximum Gasteiger partial charge on any atom is 0.271 e. The van der Waals surface area contributed by atoms with Gasteiger partial charge in [0, 0.05) is 25.9 Å². The molecule has 2 aliphatic rings. The highest BCUT2D eigenvalue weighted by Crippen LogP contribution is 2.28. The van der Waals surface area contributed by atoms with Gasteiger partial charge in [0.05, 0.1) is 36.6 Å². The Morgan fingerprint density at radius 2 is 1.06 bits per heavy atom. The van der Waals surface area contributed by atoms with Crippen LogP contribution in [-0.4, -0.2) is 77.8 Å². The highest BCUT2D eigenvalue weighted by molar-refractivity contribution is 5.91. The SMILES string of the molecule is Cc1cc(O)cc(C)c1CC(N)C(=O)N1Cc2ccccc2CC1C(=O)NCc1[nH]c(=O)c(CNC(=O)C2Cc3ccccc3CN2C(=O)C(N)Cc2c(C)cc(O)cc2C)nc1C. The molecule has 0 saturated heterocycles. The summed E-state index contributed by atoms with van der Waals surface area (Å²) in [5.41, 5.74) is 22.0. The molecule has 4 unspecified atom stereocenters. The Hall–Kier alpha value is -6.84. The van der Waals surface area contributed by atoms with Crippen LogP contribution < -0.4 is 27.7 Å². The van der Waals surface area contributed by atoms with E-state index in [1.165, 1.54) is 9.80 Å². The van der Waals surface area contributed by atoms with Crippen LogP contribution in [0.15, 0.2) is 77.6 Å². The number of phenolic OH excluding ortho intramolecular Hbond substituents is 2. The molecule has 1 aromatic heterocycles. The molecule has 4 amide bonds. The first-order valence-electron chi connectivity index (χ1n) is 21.5. The number of carbonyl (C=O) groups excluding carboxylic acids is 4. The number of aromatic hydroxyl groups is 2. The van der Waals surface area contributed by atoms with Crippen LogP contribution in [0.2, 0.25) is 0 Å². The molecule has 4 aromatic carbocycles. The topological polar surface area (TPSA) is 237 Å². The lowest BCUT2D eigenvalue weighted by Crippen LogP contribution is -2.56. The number of carbonyl (C=O) groups is 4. The van der Waals surface area contributed by atoms with Crippen molar-refractivity contribution in [1.82, 2.24) is 30.4 Å². The number of nitrogens with one attached hydrogen (secondary N) is 3. The Labute approximate surface area is 371 Å². The first kappa shape index (κ1) is 45.2. The quantitative estimate of drug-likeness (QED) is 0.0968. The molecule has 7 rings (SSSR count). The summed E-state index contributed by atoms with van der Waals surface area (Å²) in [5, 5.41) is 25.8. The third-order valence-electron chi connectivity index (χ3n) is 12.6. The lowest BCUT2D eigenvalue weighted by Gasteiger charge is -2.37. The molecule has 0 fully saturated rings. The molecule has 334 valence electrons. The number of aryl methyl sites for hydroxylation is 5. The third kappa shape index (κ3) is 9.70. The van der Waals surface area contributed by atoms with Crippen LogP contribution in [-0.2, 0) is 71.0 Å². The number of nitrogens with zero attached hydrogens (tertiary/aromatic N) is 3. The second kappa shape index (κ2) is 18.9. The van der Waals surface area contributed by atoms with E-state index in [0.29, 0.717) is 11.4 Å². The lowest BCUT2D eigenvalue weighted by molar-refractivity contribution is -0.143. The summed E-state index contributed by atoms with van der Waals surface area (Å²) < 4.78 is 0. The van der Waals surface area contributed by atoms with Crippen molar-refractivity contribution in [2.45, 2.75) is 111 Å². The van der Waals surface area contributed by atoms with Crippen molar-refractivity contribution >= 4 is 23.6 Å². The van der Waals surface area contributed by atoms with Crippen molar-refractivity contribution in [2.24, 2.45) is 11.5 Å². The van der Waals surface area contributed by atoms with Gasteiger partial charge in [0.2, 0.25) is 23.6 Å². The smallest absolute Gasteiger partial charge is 0.271 e. The second-order valence-electron chi connectivity index (χ2n) is 17.2. The van der Waals surface area contributed by atoms with Crippen LogP contribution in [0.1, 0.15) is 72.7 Å². The Kier molecular flexibility index (Phi) is 13.3. The van der Waals surface area contributed by atoms with Gasteiger partial charge in [-0.15, -0.1) is 0 Å². The maximum atomic E-state index is 14.0. The zero-order valence-electron chi connectivity index (χ0n) is 36.8. The third-order valence-corrected chi connectivity index (χ3v) is 12.6. The number of aromatic nitrogens is 2. The van der Waals surface area contributed by atoms with Gasteiger partial charge in [-0.25, -0.2) is 4.98 Å². The number of H-pyrrole nitrogens is 1. The van der Waals surface area contributed by atoms with Gasteiger partial charge in [0.1, 0.15) is 29.3 Å². The molecule has 0 spiro atoms. The van der Waals surface area contributed by atoms with Crippen LogP contribution >= 0.6 is 0 Å². The molecular formula is C49H56N8O7. The lowest BCUT2D eigenvalue weighted by atomic mass is 9.91. The fourth-order valence-corrected chi connectivity index (χ4v) is 9.10. The first-order chi connectivity index (χ1) is 30.5. The van der Waals surface area contributed by atoms with Gasteiger partial charge in [-0.1, -0.05) is 48.5 Å². The summed E-state index contributed by atoms with van der Waals surface area (Å²) in [6, 6.07) is 18.1. The fourth-order valence-electron chi connectivity index (χ4n) is 9.10. The summed E-state index contributed by atoms with van der Waals surface area (Å²) in [5.74, 6) is -1.41. The highest BCUT2D eigenvalue weighted by atomic mass is 16.3. The molecule has 9 N–H and O–H groups in total. The number of rotatable bonds is 12. The number of aromatic amines is 1. The normalized spacial score (nSPS) is 16.6. The van der Waals surface area contributed by atoms with Gasteiger partial charge in [0.15, 0.2) is 0 Å². The van der Waals surface area contributed by atoms with Crippen molar-refractivity contribution in [3.63, 3.8) is 0 Å². The van der Waals surface area contributed by atoms with Crippen molar-refractivity contribution in [1.29, 1.82) is 0 Å². The molecule has 5 aromatic rings. The van der Waals surface area contributed by atoms with Crippen LogP contribution in [0.4, 0.5) is 0 Å². The van der Waals surface area contributed by atoms with Crippen LogP contribution in [0.3, 0.4) is 0 Å². The molecule has 0 saturated carbocycles. The Morgan fingerprint density at radius 1 is 0.672 bits per heavy atom. The van der Waals surface area contributed by atoms with Crippen LogP contribution in [0, 0.1) is 34.6 Å². The molecule has 3 heterocycles. The molecule has 2 aliphatic heterocycles. The maximum absolute atomic E-state index is 14.0. The van der Waals surface area contributed by atoms with E-state index in [2.05, 4.69) is 20.6 Å². The number of fused-ring (bicyclic) bond motifs is 2. The van der Waals surface area contributed by atoms with E-state index in [1.54, 1.807) is 31.2 Å². The van der Waals surface area contributed by atoms with Crippen LogP contribution in [0.25, 0.3) is 0 Å². The summed E-state index contributed by atoms with van der Waals surface area (Å²) in [6.45, 7) is 9.15. The number of amides is 4. The van der Waals surface area contributed by atoms with Gasteiger partial charge >= 0.3 is 0 Å². The Balaban J connectivity index is 1.02. The molecular weight excluding hydrogens is 813 g/mol. The summed E-state index contributed by atoms with van der Waals surface area (Å²) >= 11 is 0. The van der Waals surface area contributed by atoms with Crippen LogP contribution in [0.5, 0.6) is 11.5 Å². The number of hydrogen-bond acceptors (Lipinski definition) is 10. The van der Waals surface area contributed by atoms with Crippen molar-refractivity contribution in [3.8, 4) is 11.5 Å². The molecule has 0 bridgehead atoms. The minimum absolute atomic E-state index is 0.0405. The molecule has 15 heteroatoms.